The zero-order valence-electron chi connectivity index (χ0n) is 9.12. The highest BCUT2D eigenvalue weighted by molar-refractivity contribution is 4.91. The first-order chi connectivity index (χ1) is 7.19. The van der Waals surface area contributed by atoms with Gasteiger partial charge in [-0.05, 0) is 0 Å². The molecule has 0 spiro atoms. The van der Waals surface area contributed by atoms with Crippen molar-refractivity contribution in [2.75, 3.05) is 27.9 Å². The quantitative estimate of drug-likeness (QED) is 0.618. The van der Waals surface area contributed by atoms with Crippen LogP contribution in [0.1, 0.15) is 0 Å². The molecule has 6 heteroatoms. The van der Waals surface area contributed by atoms with Gasteiger partial charge < -0.3 is 29.2 Å². The Hall–Kier alpha value is -0.240. The van der Waals surface area contributed by atoms with E-state index < -0.39 is 30.7 Å². The van der Waals surface area contributed by atoms with Crippen molar-refractivity contribution in [2.24, 2.45) is 0 Å². The van der Waals surface area contributed by atoms with Gasteiger partial charge in [0, 0.05) is 21.3 Å². The van der Waals surface area contributed by atoms with Gasteiger partial charge in [-0.2, -0.15) is 0 Å². The van der Waals surface area contributed by atoms with Crippen molar-refractivity contribution >= 4 is 0 Å². The van der Waals surface area contributed by atoms with Gasteiger partial charge >= 0.3 is 0 Å². The minimum absolute atomic E-state index is 0.244. The fraction of sp³-hybridized carbons (Fsp3) is 1.00. The summed E-state index contributed by atoms with van der Waals surface area (Å²) in [6.07, 6.45) is -3.29. The zero-order chi connectivity index (χ0) is 11.4. The summed E-state index contributed by atoms with van der Waals surface area (Å²) >= 11 is 0. The zero-order valence-corrected chi connectivity index (χ0v) is 9.12. The Balaban J connectivity index is 2.80. The van der Waals surface area contributed by atoms with Crippen LogP contribution in [0.15, 0.2) is 0 Å². The fourth-order valence-corrected chi connectivity index (χ4v) is 1.85. The highest BCUT2D eigenvalue weighted by Gasteiger charge is 2.46. The van der Waals surface area contributed by atoms with Gasteiger partial charge in [0.2, 0.25) is 0 Å². The Labute approximate surface area is 88.7 Å². The van der Waals surface area contributed by atoms with Gasteiger partial charge in [0.15, 0.2) is 6.29 Å². The van der Waals surface area contributed by atoms with Crippen LogP contribution in [-0.4, -0.2) is 68.9 Å². The van der Waals surface area contributed by atoms with Crippen molar-refractivity contribution < 1.29 is 29.2 Å². The summed E-state index contributed by atoms with van der Waals surface area (Å²) in [6, 6.07) is 0. The molecule has 1 aliphatic rings. The number of aliphatic hydroxyl groups excluding tert-OH is 2. The van der Waals surface area contributed by atoms with Crippen LogP contribution in [0.4, 0.5) is 0 Å². The molecule has 0 aromatic rings. The topological polar surface area (TPSA) is 77.4 Å². The van der Waals surface area contributed by atoms with Crippen LogP contribution in [0, 0.1) is 0 Å². The molecule has 2 N–H and O–H groups in total. The minimum Gasteiger partial charge on any atom is -0.394 e. The van der Waals surface area contributed by atoms with Gasteiger partial charge in [0.25, 0.3) is 0 Å². The largest absolute Gasteiger partial charge is 0.394 e. The van der Waals surface area contributed by atoms with Crippen LogP contribution < -0.4 is 0 Å². The Bertz CT molecular complexity index is 187. The van der Waals surface area contributed by atoms with Gasteiger partial charge in [-0.15, -0.1) is 0 Å². The second kappa shape index (κ2) is 5.74. The van der Waals surface area contributed by atoms with Gasteiger partial charge in [0.05, 0.1) is 6.61 Å². The van der Waals surface area contributed by atoms with E-state index in [4.69, 9.17) is 24.1 Å². The Morgan fingerprint density at radius 3 is 1.93 bits per heavy atom. The summed E-state index contributed by atoms with van der Waals surface area (Å²) in [6.45, 7) is -0.244. The lowest BCUT2D eigenvalue weighted by molar-refractivity contribution is -0.299. The average molecular weight is 222 g/mol. The Morgan fingerprint density at radius 1 is 1.00 bits per heavy atom. The van der Waals surface area contributed by atoms with E-state index in [1.807, 2.05) is 0 Å². The summed E-state index contributed by atoms with van der Waals surface area (Å²) < 4.78 is 20.6. The predicted octanol–water partition coefficient (Wildman–Crippen LogP) is -1.26. The van der Waals surface area contributed by atoms with Crippen LogP contribution in [0.3, 0.4) is 0 Å². The van der Waals surface area contributed by atoms with E-state index in [0.29, 0.717) is 0 Å². The lowest BCUT2D eigenvalue weighted by Gasteiger charge is -2.42. The van der Waals surface area contributed by atoms with E-state index in [0.717, 1.165) is 0 Å². The second-order valence-corrected chi connectivity index (χ2v) is 3.35. The lowest BCUT2D eigenvalue weighted by atomic mass is 9.99. The minimum atomic E-state index is -1.12. The van der Waals surface area contributed by atoms with E-state index in [1.165, 1.54) is 21.3 Å². The number of aliphatic hydroxyl groups is 2. The van der Waals surface area contributed by atoms with E-state index in [-0.39, 0.29) is 6.61 Å². The third-order valence-electron chi connectivity index (χ3n) is 2.61. The van der Waals surface area contributed by atoms with Crippen molar-refractivity contribution in [1.29, 1.82) is 0 Å². The molecule has 0 aromatic heterocycles. The van der Waals surface area contributed by atoms with E-state index in [2.05, 4.69) is 0 Å². The molecule has 1 aliphatic heterocycles. The van der Waals surface area contributed by atoms with E-state index in [1.54, 1.807) is 0 Å². The molecular weight excluding hydrogens is 204 g/mol. The molecule has 0 aliphatic carbocycles. The number of methoxy groups -OCH3 is 3. The molecule has 5 atom stereocenters. The second-order valence-electron chi connectivity index (χ2n) is 3.35. The van der Waals surface area contributed by atoms with Gasteiger partial charge in [-0.3, -0.25) is 0 Å². The first kappa shape index (κ1) is 12.8. The fourth-order valence-electron chi connectivity index (χ4n) is 1.85. The monoisotopic (exact) mass is 222 g/mol. The molecule has 0 aromatic carbocycles. The first-order valence-corrected chi connectivity index (χ1v) is 4.72. The number of hydrogen-bond donors (Lipinski definition) is 2. The van der Waals surface area contributed by atoms with Gasteiger partial charge in [-0.25, -0.2) is 0 Å². The highest BCUT2D eigenvalue weighted by atomic mass is 16.7. The Kier molecular flexibility index (Phi) is 4.91. The van der Waals surface area contributed by atoms with Crippen molar-refractivity contribution in [3.8, 4) is 0 Å². The smallest absolute Gasteiger partial charge is 0.184 e. The highest BCUT2D eigenvalue weighted by Crippen LogP contribution is 2.25. The molecule has 0 saturated carbocycles. The summed E-state index contributed by atoms with van der Waals surface area (Å²) in [5.41, 5.74) is 0. The number of rotatable bonds is 4. The van der Waals surface area contributed by atoms with Crippen molar-refractivity contribution in [2.45, 2.75) is 30.7 Å². The number of ether oxygens (including phenoxy) is 4. The Morgan fingerprint density at radius 2 is 1.53 bits per heavy atom. The molecule has 1 saturated heterocycles. The molecule has 0 bridgehead atoms. The summed E-state index contributed by atoms with van der Waals surface area (Å²) in [5, 5.41) is 18.7. The van der Waals surface area contributed by atoms with Crippen LogP contribution in [0.2, 0.25) is 0 Å². The van der Waals surface area contributed by atoms with Gasteiger partial charge in [0.1, 0.15) is 24.4 Å². The average Bonchev–Trinajstić information content (AvgIpc) is 2.27. The molecule has 1 rings (SSSR count). The molecule has 0 amide bonds. The molecule has 1 fully saturated rings. The number of hydrogen-bond acceptors (Lipinski definition) is 6. The van der Waals surface area contributed by atoms with Crippen LogP contribution in [0.5, 0.6) is 0 Å². The van der Waals surface area contributed by atoms with Crippen molar-refractivity contribution in [3.63, 3.8) is 0 Å². The summed E-state index contributed by atoms with van der Waals surface area (Å²) in [4.78, 5) is 0. The summed E-state index contributed by atoms with van der Waals surface area (Å²) in [5.74, 6) is 0. The van der Waals surface area contributed by atoms with Gasteiger partial charge in [-0.1, -0.05) is 0 Å². The maximum Gasteiger partial charge on any atom is 0.184 e. The van der Waals surface area contributed by atoms with Crippen LogP contribution in [-0.2, 0) is 18.9 Å². The maximum atomic E-state index is 9.59. The van der Waals surface area contributed by atoms with E-state index in [9.17, 15) is 5.11 Å². The first-order valence-electron chi connectivity index (χ1n) is 4.72. The van der Waals surface area contributed by atoms with Crippen molar-refractivity contribution in [1.82, 2.24) is 0 Å². The molecule has 90 valence electrons. The molecule has 1 heterocycles. The third-order valence-corrected chi connectivity index (χ3v) is 2.61. The maximum absolute atomic E-state index is 9.59. The third kappa shape index (κ3) is 2.47. The van der Waals surface area contributed by atoms with Crippen molar-refractivity contribution in [3.05, 3.63) is 0 Å². The molecule has 6 nitrogen and oxygen atoms in total. The summed E-state index contributed by atoms with van der Waals surface area (Å²) in [7, 11) is 4.44. The molecule has 0 radical (unpaired) electrons. The predicted molar refractivity (Wildman–Crippen MR) is 50.4 cm³/mol. The van der Waals surface area contributed by atoms with E-state index >= 15 is 0 Å². The molecule has 1 unspecified atom stereocenters. The van der Waals surface area contributed by atoms with Crippen LogP contribution >= 0.6 is 0 Å². The standard InChI is InChI=1S/C9H18O6/c1-12-6-5(4-10)15-9(11)8(14-3)7(6)13-2/h5-11H,4H2,1-3H3/t5-,6-,7+,8-,9?/m1/s1. The molecule has 15 heavy (non-hydrogen) atoms. The lowest BCUT2D eigenvalue weighted by Crippen LogP contribution is -2.60. The normalized spacial score (nSPS) is 41.8. The SMILES string of the molecule is CO[C@H]1[C@H](OC)[C@@H](OC)C(O)O[C@@H]1CO. The van der Waals surface area contributed by atoms with Crippen LogP contribution in [0.25, 0.3) is 0 Å². The molecular formula is C9H18O6.